The van der Waals surface area contributed by atoms with Gasteiger partial charge in [-0.3, -0.25) is 0 Å². The topological polar surface area (TPSA) is 33.7 Å². The Balaban J connectivity index is 1.95. The Kier molecular flexibility index (Phi) is 4.69. The Morgan fingerprint density at radius 3 is 2.83 bits per heavy atom. The van der Waals surface area contributed by atoms with E-state index in [1.807, 2.05) is 12.1 Å². The minimum absolute atomic E-state index is 0.563. The van der Waals surface area contributed by atoms with E-state index in [1.165, 1.54) is 0 Å². The van der Waals surface area contributed by atoms with E-state index in [9.17, 15) is 0 Å². The number of hydrogen-bond acceptors (Lipinski definition) is 4. The molecule has 1 aromatic rings. The van der Waals surface area contributed by atoms with Gasteiger partial charge in [-0.05, 0) is 31.8 Å². The fourth-order valence-corrected chi connectivity index (χ4v) is 2.09. The van der Waals surface area contributed by atoms with Crippen molar-refractivity contribution in [1.82, 2.24) is 10.2 Å². The molecule has 1 aliphatic rings. The van der Waals surface area contributed by atoms with Crippen molar-refractivity contribution < 1.29 is 9.47 Å². The lowest BCUT2D eigenvalue weighted by Crippen LogP contribution is -2.26. The summed E-state index contributed by atoms with van der Waals surface area (Å²) < 4.78 is 11.0. The third-order valence-electron chi connectivity index (χ3n) is 2.72. The molecule has 1 heterocycles. The van der Waals surface area contributed by atoms with Gasteiger partial charge in [-0.15, -0.1) is 0 Å². The van der Waals surface area contributed by atoms with E-state index in [2.05, 4.69) is 24.3 Å². The van der Waals surface area contributed by atoms with Gasteiger partial charge in [-0.1, -0.05) is 11.6 Å². The van der Waals surface area contributed by atoms with Crippen molar-refractivity contribution in [2.45, 2.75) is 6.54 Å². The predicted molar refractivity (Wildman–Crippen MR) is 72.7 cm³/mol. The van der Waals surface area contributed by atoms with Crippen LogP contribution in [0.4, 0.5) is 0 Å². The number of halogens is 1. The quantitative estimate of drug-likeness (QED) is 0.827. The van der Waals surface area contributed by atoms with Crippen LogP contribution in [0, 0.1) is 0 Å². The Morgan fingerprint density at radius 2 is 2.06 bits per heavy atom. The van der Waals surface area contributed by atoms with Gasteiger partial charge in [0.25, 0.3) is 0 Å². The minimum Gasteiger partial charge on any atom is -0.486 e. The summed E-state index contributed by atoms with van der Waals surface area (Å²) >= 11 is 6.17. The molecule has 0 aromatic heterocycles. The number of nitrogens with one attached hydrogen (secondary N) is 1. The third kappa shape index (κ3) is 3.51. The highest BCUT2D eigenvalue weighted by molar-refractivity contribution is 6.32. The lowest BCUT2D eigenvalue weighted by Gasteiger charge is -2.20. The highest BCUT2D eigenvalue weighted by Crippen LogP contribution is 2.38. The summed E-state index contributed by atoms with van der Waals surface area (Å²) in [5.74, 6) is 1.41. The zero-order valence-electron chi connectivity index (χ0n) is 10.8. The number of likely N-dealkylation sites (N-methyl/N-ethyl adjacent to an activating group) is 1. The Bertz CT molecular complexity index is 410. The second kappa shape index (κ2) is 6.27. The van der Waals surface area contributed by atoms with Crippen LogP contribution in [0.15, 0.2) is 12.1 Å². The minimum atomic E-state index is 0.563. The fraction of sp³-hybridized carbons (Fsp3) is 0.538. The molecule has 1 aliphatic heterocycles. The number of benzene rings is 1. The van der Waals surface area contributed by atoms with Crippen LogP contribution in [0.2, 0.25) is 5.02 Å². The molecule has 0 atom stereocenters. The van der Waals surface area contributed by atoms with Crippen molar-refractivity contribution in [3.8, 4) is 11.5 Å². The van der Waals surface area contributed by atoms with Gasteiger partial charge in [0.1, 0.15) is 13.2 Å². The molecule has 0 bridgehead atoms. The maximum absolute atomic E-state index is 6.17. The first-order valence-electron chi connectivity index (χ1n) is 6.10. The number of hydrogen-bond donors (Lipinski definition) is 1. The summed E-state index contributed by atoms with van der Waals surface area (Å²) in [6.45, 7) is 3.88. The monoisotopic (exact) mass is 270 g/mol. The van der Waals surface area contributed by atoms with E-state index in [0.717, 1.165) is 30.9 Å². The van der Waals surface area contributed by atoms with Gasteiger partial charge in [0.2, 0.25) is 0 Å². The fourth-order valence-electron chi connectivity index (χ4n) is 1.80. The second-order valence-corrected chi connectivity index (χ2v) is 4.99. The van der Waals surface area contributed by atoms with Crippen LogP contribution < -0.4 is 14.8 Å². The van der Waals surface area contributed by atoms with Crippen LogP contribution >= 0.6 is 11.6 Å². The first-order chi connectivity index (χ1) is 8.66. The van der Waals surface area contributed by atoms with Crippen molar-refractivity contribution >= 4 is 11.6 Å². The third-order valence-corrected chi connectivity index (χ3v) is 3.00. The van der Waals surface area contributed by atoms with E-state index in [-0.39, 0.29) is 0 Å². The number of nitrogens with zero attached hydrogens (tertiary/aromatic N) is 1. The summed E-state index contributed by atoms with van der Waals surface area (Å²) in [6.07, 6.45) is 0. The lowest BCUT2D eigenvalue weighted by atomic mass is 10.2. The molecular weight excluding hydrogens is 252 g/mol. The van der Waals surface area contributed by atoms with E-state index in [4.69, 9.17) is 21.1 Å². The first kappa shape index (κ1) is 13.5. The summed E-state index contributed by atoms with van der Waals surface area (Å²) in [4.78, 5) is 2.14. The molecule has 0 spiro atoms. The standard InChI is InChI=1S/C13H19ClN2O2/c1-16(2)4-3-15-9-10-7-11(14)13-12(8-10)17-5-6-18-13/h7-8,15H,3-6,9H2,1-2H3. The molecule has 100 valence electrons. The van der Waals surface area contributed by atoms with Gasteiger partial charge >= 0.3 is 0 Å². The highest BCUT2D eigenvalue weighted by Gasteiger charge is 2.16. The van der Waals surface area contributed by atoms with Crippen molar-refractivity contribution in [3.05, 3.63) is 22.7 Å². The lowest BCUT2D eigenvalue weighted by molar-refractivity contribution is 0.171. The van der Waals surface area contributed by atoms with Gasteiger partial charge < -0.3 is 19.7 Å². The molecule has 0 unspecified atom stereocenters. The molecule has 18 heavy (non-hydrogen) atoms. The number of fused-ring (bicyclic) bond motifs is 1. The molecular formula is C13H19ClN2O2. The molecule has 2 rings (SSSR count). The SMILES string of the molecule is CN(C)CCNCc1cc(Cl)c2c(c1)OCCO2. The summed E-state index contributed by atoms with van der Waals surface area (Å²) in [5, 5.41) is 3.99. The smallest absolute Gasteiger partial charge is 0.179 e. The first-order valence-corrected chi connectivity index (χ1v) is 6.48. The van der Waals surface area contributed by atoms with Crippen molar-refractivity contribution in [1.29, 1.82) is 0 Å². The van der Waals surface area contributed by atoms with Crippen LogP contribution in [0.5, 0.6) is 11.5 Å². The molecule has 0 saturated carbocycles. The van der Waals surface area contributed by atoms with Crippen LogP contribution in [-0.4, -0.2) is 45.3 Å². The van der Waals surface area contributed by atoms with Crippen molar-refractivity contribution in [2.24, 2.45) is 0 Å². The van der Waals surface area contributed by atoms with Gasteiger partial charge in [0.05, 0.1) is 5.02 Å². The molecule has 0 radical (unpaired) electrons. The predicted octanol–water partition coefficient (Wildman–Crippen LogP) is 1.76. The van der Waals surface area contributed by atoms with Crippen molar-refractivity contribution in [3.63, 3.8) is 0 Å². The van der Waals surface area contributed by atoms with Gasteiger partial charge in [-0.25, -0.2) is 0 Å². The maximum atomic E-state index is 6.17. The summed E-state index contributed by atoms with van der Waals surface area (Å²) in [5.41, 5.74) is 1.11. The zero-order valence-corrected chi connectivity index (χ0v) is 11.6. The molecule has 0 aliphatic carbocycles. The van der Waals surface area contributed by atoms with Crippen molar-refractivity contribution in [2.75, 3.05) is 40.4 Å². The molecule has 5 heteroatoms. The molecule has 1 N–H and O–H groups in total. The average Bonchev–Trinajstić information content (AvgIpc) is 2.35. The Labute approximate surface area is 113 Å². The zero-order chi connectivity index (χ0) is 13.0. The molecule has 0 fully saturated rings. The van der Waals surface area contributed by atoms with Gasteiger partial charge in [0, 0.05) is 19.6 Å². The largest absolute Gasteiger partial charge is 0.486 e. The van der Waals surface area contributed by atoms with E-state index >= 15 is 0 Å². The van der Waals surface area contributed by atoms with Gasteiger partial charge in [-0.2, -0.15) is 0 Å². The number of rotatable bonds is 5. The second-order valence-electron chi connectivity index (χ2n) is 4.58. The van der Waals surface area contributed by atoms with E-state index < -0.39 is 0 Å². The van der Waals surface area contributed by atoms with Crippen LogP contribution in [0.25, 0.3) is 0 Å². The normalized spacial score (nSPS) is 14.0. The Morgan fingerprint density at radius 1 is 1.28 bits per heavy atom. The molecule has 0 amide bonds. The molecule has 4 nitrogen and oxygen atoms in total. The molecule has 1 aromatic carbocycles. The summed E-state index contributed by atoms with van der Waals surface area (Å²) in [7, 11) is 4.12. The van der Waals surface area contributed by atoms with Crippen LogP contribution in [-0.2, 0) is 6.54 Å². The van der Waals surface area contributed by atoms with Gasteiger partial charge in [0.15, 0.2) is 11.5 Å². The summed E-state index contributed by atoms with van der Waals surface area (Å²) in [6, 6.07) is 3.92. The average molecular weight is 271 g/mol. The van der Waals surface area contributed by atoms with Crippen LogP contribution in [0.1, 0.15) is 5.56 Å². The van der Waals surface area contributed by atoms with E-state index in [0.29, 0.717) is 24.0 Å². The highest BCUT2D eigenvalue weighted by atomic mass is 35.5. The number of ether oxygens (including phenoxy) is 2. The maximum Gasteiger partial charge on any atom is 0.179 e. The van der Waals surface area contributed by atoms with Crippen LogP contribution in [0.3, 0.4) is 0 Å². The Hall–Kier alpha value is -0.970. The molecule has 0 saturated heterocycles. The van der Waals surface area contributed by atoms with E-state index in [1.54, 1.807) is 0 Å².